The highest BCUT2D eigenvalue weighted by Crippen LogP contribution is 2.33. The van der Waals surface area contributed by atoms with Gasteiger partial charge in [-0.05, 0) is 55.5 Å². The Balaban J connectivity index is 1.79. The molecule has 3 aromatic rings. The fourth-order valence-electron chi connectivity index (χ4n) is 2.91. The molecule has 33 heavy (non-hydrogen) atoms. The van der Waals surface area contributed by atoms with Crippen molar-refractivity contribution in [2.45, 2.75) is 11.8 Å². The molecule has 0 unspecified atom stereocenters. The molecule has 7 nitrogen and oxygen atoms in total. The number of hydrogen-bond donors (Lipinski definition) is 1. The van der Waals surface area contributed by atoms with Crippen LogP contribution in [0, 0.1) is 0 Å². The maximum Gasteiger partial charge on any atom is 0.247 e. The first-order chi connectivity index (χ1) is 15.7. The van der Waals surface area contributed by atoms with Crippen LogP contribution in [0.4, 0.5) is 5.69 Å². The zero-order valence-corrected chi connectivity index (χ0v) is 20.2. The number of nitrogens with zero attached hydrogens (tertiary/aromatic N) is 1. The van der Waals surface area contributed by atoms with Crippen LogP contribution in [0.1, 0.15) is 6.92 Å². The van der Waals surface area contributed by atoms with Gasteiger partial charge in [-0.15, -0.1) is 0 Å². The zero-order chi connectivity index (χ0) is 24.0. The van der Waals surface area contributed by atoms with Crippen LogP contribution < -0.4 is 14.8 Å². The lowest BCUT2D eigenvalue weighted by Crippen LogP contribution is -2.35. The summed E-state index contributed by atoms with van der Waals surface area (Å²) in [6.07, 6.45) is 0. The molecule has 0 radical (unpaired) electrons. The number of ether oxygens (including phenoxy) is 2. The molecule has 0 bridgehead atoms. The third-order valence-corrected chi connectivity index (χ3v) is 6.74. The van der Waals surface area contributed by atoms with Crippen molar-refractivity contribution in [1.29, 1.82) is 0 Å². The van der Waals surface area contributed by atoms with E-state index in [0.717, 1.165) is 4.31 Å². The highest BCUT2D eigenvalue weighted by Gasteiger charge is 2.27. The quantitative estimate of drug-likeness (QED) is 0.415. The number of rotatable bonds is 9. The van der Waals surface area contributed by atoms with E-state index in [2.05, 4.69) is 5.32 Å². The minimum atomic E-state index is -4.06. The van der Waals surface area contributed by atoms with Crippen LogP contribution in [0.2, 0.25) is 10.0 Å². The van der Waals surface area contributed by atoms with Gasteiger partial charge in [-0.2, -0.15) is 4.31 Å². The number of sulfonamides is 1. The summed E-state index contributed by atoms with van der Waals surface area (Å²) in [6, 6.07) is 18.1. The van der Waals surface area contributed by atoms with Gasteiger partial charge in [0, 0.05) is 17.1 Å². The number of nitrogens with one attached hydrogen (secondary N) is 1. The average molecular weight is 509 g/mol. The van der Waals surface area contributed by atoms with Crippen molar-refractivity contribution >= 4 is 44.8 Å². The minimum Gasteiger partial charge on any atom is -0.492 e. The van der Waals surface area contributed by atoms with Crippen LogP contribution in [-0.2, 0) is 14.8 Å². The smallest absolute Gasteiger partial charge is 0.247 e. The SMILES string of the molecule is CCOc1ccc(Cl)cc1S(=O)(=O)N(C)CC(=O)Nc1cc(Cl)ccc1Oc1ccccc1. The molecule has 0 heterocycles. The second-order valence-electron chi connectivity index (χ2n) is 6.89. The summed E-state index contributed by atoms with van der Waals surface area (Å²) >= 11 is 12.1. The Kier molecular flexibility index (Phi) is 8.20. The van der Waals surface area contributed by atoms with Crippen molar-refractivity contribution in [3.05, 3.63) is 76.8 Å². The van der Waals surface area contributed by atoms with Gasteiger partial charge in [-0.1, -0.05) is 41.4 Å². The molecule has 0 saturated heterocycles. The largest absolute Gasteiger partial charge is 0.492 e. The summed E-state index contributed by atoms with van der Waals surface area (Å²) < 4.78 is 38.3. The molecule has 3 aromatic carbocycles. The standard InChI is InChI=1S/C23H22Cl2N2O5S/c1-3-31-21-12-10-17(25)14-22(21)33(29,30)27(2)15-23(28)26-19-13-16(24)9-11-20(19)32-18-7-5-4-6-8-18/h4-14H,3,15H2,1-2H3,(H,26,28). The number of amides is 1. The molecule has 0 aliphatic rings. The van der Waals surface area contributed by atoms with Gasteiger partial charge >= 0.3 is 0 Å². The van der Waals surface area contributed by atoms with Crippen molar-refractivity contribution in [3.8, 4) is 17.2 Å². The summed E-state index contributed by atoms with van der Waals surface area (Å²) in [4.78, 5) is 12.6. The minimum absolute atomic E-state index is 0.122. The molecule has 0 aliphatic heterocycles. The van der Waals surface area contributed by atoms with E-state index in [4.69, 9.17) is 32.7 Å². The number of likely N-dealkylation sites (N-methyl/N-ethyl adjacent to an activating group) is 1. The van der Waals surface area contributed by atoms with E-state index in [0.29, 0.717) is 22.2 Å². The van der Waals surface area contributed by atoms with Crippen molar-refractivity contribution in [1.82, 2.24) is 4.31 Å². The molecule has 0 saturated carbocycles. The number of carbonyl (C=O) groups excluding carboxylic acids is 1. The predicted molar refractivity (Wildman–Crippen MR) is 129 cm³/mol. The van der Waals surface area contributed by atoms with Crippen LogP contribution in [0.25, 0.3) is 0 Å². The predicted octanol–water partition coefficient (Wildman–Crippen LogP) is 5.44. The Labute approximate surface area is 202 Å². The zero-order valence-electron chi connectivity index (χ0n) is 17.9. The third-order valence-electron chi connectivity index (χ3n) is 4.45. The van der Waals surface area contributed by atoms with Crippen LogP contribution in [0.5, 0.6) is 17.2 Å². The lowest BCUT2D eigenvalue weighted by Gasteiger charge is -2.20. The van der Waals surface area contributed by atoms with Gasteiger partial charge in [0.15, 0.2) is 5.75 Å². The Bertz CT molecular complexity index is 1240. The molecule has 0 aliphatic carbocycles. The first kappa shape index (κ1) is 24.9. The molecule has 10 heteroatoms. The molecule has 0 aromatic heterocycles. The Morgan fingerprint density at radius 1 is 0.970 bits per heavy atom. The van der Waals surface area contributed by atoms with Crippen LogP contribution in [-0.4, -0.2) is 38.8 Å². The fraction of sp³-hybridized carbons (Fsp3) is 0.174. The van der Waals surface area contributed by atoms with E-state index in [-0.39, 0.29) is 22.3 Å². The van der Waals surface area contributed by atoms with Gasteiger partial charge in [0.2, 0.25) is 15.9 Å². The topological polar surface area (TPSA) is 84.9 Å². The normalized spacial score (nSPS) is 11.3. The lowest BCUT2D eigenvalue weighted by molar-refractivity contribution is -0.116. The van der Waals surface area contributed by atoms with Crippen LogP contribution in [0.3, 0.4) is 0 Å². The molecule has 1 N–H and O–H groups in total. The molecule has 174 valence electrons. The van der Waals surface area contributed by atoms with Gasteiger partial charge in [-0.3, -0.25) is 4.79 Å². The molecule has 0 atom stereocenters. The van der Waals surface area contributed by atoms with Gasteiger partial charge in [-0.25, -0.2) is 8.42 Å². The second kappa shape index (κ2) is 10.9. The number of benzene rings is 3. The maximum atomic E-state index is 13.1. The van der Waals surface area contributed by atoms with Crippen molar-refractivity contribution in [2.24, 2.45) is 0 Å². The molecule has 0 fully saturated rings. The van der Waals surface area contributed by atoms with E-state index in [1.807, 2.05) is 18.2 Å². The van der Waals surface area contributed by atoms with Crippen molar-refractivity contribution in [2.75, 3.05) is 25.5 Å². The summed E-state index contributed by atoms with van der Waals surface area (Å²) in [5, 5.41) is 3.28. The maximum absolute atomic E-state index is 13.1. The number of hydrogen-bond acceptors (Lipinski definition) is 5. The molecular formula is C23H22Cl2N2O5S. The number of carbonyl (C=O) groups is 1. The first-order valence-electron chi connectivity index (χ1n) is 9.91. The Hall–Kier alpha value is -2.78. The monoisotopic (exact) mass is 508 g/mol. The third kappa shape index (κ3) is 6.39. The van der Waals surface area contributed by atoms with E-state index in [9.17, 15) is 13.2 Å². The van der Waals surface area contributed by atoms with Crippen LogP contribution >= 0.6 is 23.2 Å². The average Bonchev–Trinajstić information content (AvgIpc) is 2.77. The molecular weight excluding hydrogens is 487 g/mol. The van der Waals surface area contributed by atoms with Crippen LogP contribution in [0.15, 0.2) is 71.6 Å². The van der Waals surface area contributed by atoms with E-state index < -0.39 is 22.5 Å². The molecule has 1 amide bonds. The van der Waals surface area contributed by atoms with E-state index in [1.54, 1.807) is 31.2 Å². The number of halogens is 2. The highest BCUT2D eigenvalue weighted by molar-refractivity contribution is 7.89. The number of anilines is 1. The van der Waals surface area contributed by atoms with Gasteiger partial charge in [0.1, 0.15) is 16.4 Å². The summed E-state index contributed by atoms with van der Waals surface area (Å²) in [5.74, 6) is 0.501. The summed E-state index contributed by atoms with van der Waals surface area (Å²) in [6.45, 7) is 1.55. The van der Waals surface area contributed by atoms with E-state index >= 15 is 0 Å². The number of para-hydroxylation sites is 1. The fourth-order valence-corrected chi connectivity index (χ4v) is 4.60. The first-order valence-corrected chi connectivity index (χ1v) is 12.1. The highest BCUT2D eigenvalue weighted by atomic mass is 35.5. The Morgan fingerprint density at radius 2 is 1.61 bits per heavy atom. The van der Waals surface area contributed by atoms with Crippen molar-refractivity contribution < 1.29 is 22.7 Å². The molecule has 3 rings (SSSR count). The van der Waals surface area contributed by atoms with Gasteiger partial charge in [0.05, 0.1) is 18.8 Å². The lowest BCUT2D eigenvalue weighted by atomic mass is 10.2. The summed E-state index contributed by atoms with van der Waals surface area (Å²) in [5.41, 5.74) is 0.305. The summed E-state index contributed by atoms with van der Waals surface area (Å²) in [7, 11) is -2.77. The van der Waals surface area contributed by atoms with Gasteiger partial charge < -0.3 is 14.8 Å². The van der Waals surface area contributed by atoms with Crippen molar-refractivity contribution in [3.63, 3.8) is 0 Å². The second-order valence-corrected chi connectivity index (χ2v) is 9.78. The van der Waals surface area contributed by atoms with E-state index in [1.165, 1.54) is 31.3 Å². The Morgan fingerprint density at radius 3 is 2.27 bits per heavy atom. The molecule has 0 spiro atoms. The van der Waals surface area contributed by atoms with Gasteiger partial charge in [0.25, 0.3) is 0 Å².